The Labute approximate surface area is 126 Å². The van der Waals surface area contributed by atoms with Gasteiger partial charge in [-0.05, 0) is 17.7 Å². The lowest BCUT2D eigenvalue weighted by Gasteiger charge is -2.08. The maximum Gasteiger partial charge on any atom is 0.315 e. The van der Waals surface area contributed by atoms with E-state index >= 15 is 0 Å². The van der Waals surface area contributed by atoms with Gasteiger partial charge in [0.25, 0.3) is 5.69 Å². The SMILES string of the molecule is O=C(NCc1ccc(F)cc1)NCc1ccccc1[N+](=O)[O-]. The van der Waals surface area contributed by atoms with E-state index in [1.807, 2.05) is 0 Å². The monoisotopic (exact) mass is 303 g/mol. The number of carbonyl (C=O) groups excluding carboxylic acids is 1. The van der Waals surface area contributed by atoms with Gasteiger partial charge in [0.15, 0.2) is 0 Å². The van der Waals surface area contributed by atoms with E-state index in [1.54, 1.807) is 30.3 Å². The van der Waals surface area contributed by atoms with Crippen LogP contribution in [-0.2, 0) is 13.1 Å². The number of nitro benzene ring substituents is 1. The van der Waals surface area contributed by atoms with Crippen LogP contribution in [0.25, 0.3) is 0 Å². The summed E-state index contributed by atoms with van der Waals surface area (Å²) in [4.78, 5) is 22.0. The topological polar surface area (TPSA) is 84.3 Å². The Balaban J connectivity index is 1.85. The number of benzene rings is 2. The van der Waals surface area contributed by atoms with Gasteiger partial charge in [-0.25, -0.2) is 9.18 Å². The molecule has 0 radical (unpaired) electrons. The van der Waals surface area contributed by atoms with Gasteiger partial charge in [0.1, 0.15) is 5.82 Å². The van der Waals surface area contributed by atoms with Gasteiger partial charge in [0, 0.05) is 18.2 Å². The van der Waals surface area contributed by atoms with Crippen molar-refractivity contribution in [1.29, 1.82) is 0 Å². The van der Waals surface area contributed by atoms with Crippen LogP contribution >= 0.6 is 0 Å². The van der Waals surface area contributed by atoms with E-state index in [4.69, 9.17) is 0 Å². The van der Waals surface area contributed by atoms with Crippen LogP contribution in [0, 0.1) is 15.9 Å². The second-order valence-electron chi connectivity index (χ2n) is 4.55. The maximum absolute atomic E-state index is 12.7. The van der Waals surface area contributed by atoms with Crippen molar-refractivity contribution in [3.05, 3.63) is 75.6 Å². The number of para-hydroxylation sites is 1. The van der Waals surface area contributed by atoms with Crippen molar-refractivity contribution in [2.75, 3.05) is 0 Å². The number of amides is 2. The largest absolute Gasteiger partial charge is 0.334 e. The first-order valence-electron chi connectivity index (χ1n) is 6.54. The molecule has 0 bridgehead atoms. The summed E-state index contributed by atoms with van der Waals surface area (Å²) in [6.07, 6.45) is 0. The molecule has 0 saturated carbocycles. The predicted octanol–water partition coefficient (Wildman–Crippen LogP) is 2.73. The lowest BCUT2D eigenvalue weighted by atomic mass is 10.2. The molecule has 2 rings (SSSR count). The van der Waals surface area contributed by atoms with E-state index in [-0.39, 0.29) is 24.6 Å². The van der Waals surface area contributed by atoms with Crippen LogP contribution in [0.1, 0.15) is 11.1 Å². The Morgan fingerprint density at radius 1 is 1.05 bits per heavy atom. The van der Waals surface area contributed by atoms with Crippen molar-refractivity contribution in [1.82, 2.24) is 10.6 Å². The summed E-state index contributed by atoms with van der Waals surface area (Å²) in [7, 11) is 0. The highest BCUT2D eigenvalue weighted by molar-refractivity contribution is 5.74. The zero-order valence-electron chi connectivity index (χ0n) is 11.6. The van der Waals surface area contributed by atoms with Crippen molar-refractivity contribution >= 4 is 11.7 Å². The second-order valence-corrected chi connectivity index (χ2v) is 4.55. The Kier molecular flexibility index (Phi) is 5.02. The minimum Gasteiger partial charge on any atom is -0.334 e. The molecule has 0 heterocycles. The molecule has 0 saturated heterocycles. The van der Waals surface area contributed by atoms with E-state index in [9.17, 15) is 19.3 Å². The first kappa shape index (κ1) is 15.4. The minimum atomic E-state index is -0.493. The summed E-state index contributed by atoms with van der Waals surface area (Å²) in [5, 5.41) is 16.0. The van der Waals surface area contributed by atoms with E-state index in [1.165, 1.54) is 18.2 Å². The molecule has 0 aromatic heterocycles. The fourth-order valence-corrected chi connectivity index (χ4v) is 1.86. The highest BCUT2D eigenvalue weighted by atomic mass is 19.1. The molecule has 2 aromatic carbocycles. The van der Waals surface area contributed by atoms with Gasteiger partial charge in [0.05, 0.1) is 11.5 Å². The molecule has 0 aliphatic heterocycles. The standard InChI is InChI=1S/C15H14FN3O3/c16-13-7-5-11(6-8-13)9-17-15(20)18-10-12-3-1-2-4-14(12)19(21)22/h1-8H,9-10H2,(H2,17,18,20). The smallest absolute Gasteiger partial charge is 0.315 e. The maximum atomic E-state index is 12.7. The zero-order chi connectivity index (χ0) is 15.9. The number of nitro groups is 1. The fourth-order valence-electron chi connectivity index (χ4n) is 1.86. The van der Waals surface area contributed by atoms with Gasteiger partial charge in [-0.2, -0.15) is 0 Å². The fraction of sp³-hybridized carbons (Fsp3) is 0.133. The molecule has 114 valence electrons. The number of nitrogens with one attached hydrogen (secondary N) is 2. The normalized spacial score (nSPS) is 10.0. The molecule has 0 aliphatic rings. The molecule has 0 fully saturated rings. The Morgan fingerprint density at radius 3 is 2.36 bits per heavy atom. The zero-order valence-corrected chi connectivity index (χ0v) is 11.6. The van der Waals surface area contributed by atoms with Gasteiger partial charge in [-0.3, -0.25) is 10.1 Å². The number of hydrogen-bond donors (Lipinski definition) is 2. The van der Waals surface area contributed by atoms with Crippen LogP contribution < -0.4 is 10.6 Å². The Morgan fingerprint density at radius 2 is 1.68 bits per heavy atom. The van der Waals surface area contributed by atoms with E-state index in [2.05, 4.69) is 10.6 Å². The molecule has 2 N–H and O–H groups in total. The van der Waals surface area contributed by atoms with Crippen molar-refractivity contribution < 1.29 is 14.1 Å². The summed E-state index contributed by atoms with van der Waals surface area (Å²) < 4.78 is 12.7. The van der Waals surface area contributed by atoms with Gasteiger partial charge in [-0.1, -0.05) is 30.3 Å². The highest BCUT2D eigenvalue weighted by Crippen LogP contribution is 2.16. The van der Waals surface area contributed by atoms with Crippen molar-refractivity contribution in [3.8, 4) is 0 Å². The Hall–Kier alpha value is -2.96. The van der Waals surface area contributed by atoms with Gasteiger partial charge < -0.3 is 10.6 Å². The average molecular weight is 303 g/mol. The van der Waals surface area contributed by atoms with E-state index in [0.29, 0.717) is 5.56 Å². The lowest BCUT2D eigenvalue weighted by molar-refractivity contribution is -0.385. The third-order valence-corrected chi connectivity index (χ3v) is 2.99. The van der Waals surface area contributed by atoms with E-state index < -0.39 is 11.0 Å². The molecule has 2 amide bonds. The molecular formula is C15H14FN3O3. The van der Waals surface area contributed by atoms with Crippen LogP contribution in [0.2, 0.25) is 0 Å². The van der Waals surface area contributed by atoms with Gasteiger partial charge in [0.2, 0.25) is 0 Å². The lowest BCUT2D eigenvalue weighted by Crippen LogP contribution is -2.34. The summed E-state index contributed by atoms with van der Waals surface area (Å²) in [6.45, 7) is 0.287. The predicted molar refractivity (Wildman–Crippen MR) is 78.6 cm³/mol. The number of hydrogen-bond acceptors (Lipinski definition) is 3. The second kappa shape index (κ2) is 7.16. The molecule has 0 aliphatic carbocycles. The molecule has 7 heteroatoms. The van der Waals surface area contributed by atoms with Crippen molar-refractivity contribution in [2.24, 2.45) is 0 Å². The summed E-state index contributed by atoms with van der Waals surface area (Å²) >= 11 is 0. The highest BCUT2D eigenvalue weighted by Gasteiger charge is 2.12. The van der Waals surface area contributed by atoms with Crippen LogP contribution in [-0.4, -0.2) is 11.0 Å². The summed E-state index contributed by atoms with van der Waals surface area (Å²) in [5.41, 5.74) is 1.13. The van der Waals surface area contributed by atoms with Gasteiger partial charge in [-0.15, -0.1) is 0 Å². The molecule has 0 spiro atoms. The molecule has 6 nitrogen and oxygen atoms in total. The average Bonchev–Trinajstić information content (AvgIpc) is 2.52. The number of halogens is 1. The van der Waals surface area contributed by atoms with Crippen LogP contribution in [0.5, 0.6) is 0 Å². The number of nitrogens with zero attached hydrogens (tertiary/aromatic N) is 1. The Bertz CT molecular complexity index is 674. The number of rotatable bonds is 5. The first-order valence-corrected chi connectivity index (χ1v) is 6.54. The molecule has 2 aromatic rings. The van der Waals surface area contributed by atoms with Crippen molar-refractivity contribution in [2.45, 2.75) is 13.1 Å². The van der Waals surface area contributed by atoms with Crippen molar-refractivity contribution in [3.63, 3.8) is 0 Å². The van der Waals surface area contributed by atoms with Crippen LogP contribution in [0.3, 0.4) is 0 Å². The summed E-state index contributed by atoms with van der Waals surface area (Å²) in [6, 6.07) is 11.5. The molecule has 0 atom stereocenters. The number of urea groups is 1. The third-order valence-electron chi connectivity index (χ3n) is 2.99. The third kappa shape index (κ3) is 4.27. The molecule has 22 heavy (non-hydrogen) atoms. The van der Waals surface area contributed by atoms with Gasteiger partial charge >= 0.3 is 6.03 Å². The van der Waals surface area contributed by atoms with E-state index in [0.717, 1.165) is 5.56 Å². The van der Waals surface area contributed by atoms with Crippen LogP contribution in [0.15, 0.2) is 48.5 Å². The molecule has 0 unspecified atom stereocenters. The van der Waals surface area contributed by atoms with Crippen LogP contribution in [0.4, 0.5) is 14.9 Å². The first-order chi connectivity index (χ1) is 10.6. The minimum absolute atomic E-state index is 0.0404. The number of carbonyl (C=O) groups is 1. The molecular weight excluding hydrogens is 289 g/mol. The summed E-state index contributed by atoms with van der Waals surface area (Å²) in [5.74, 6) is -0.343. The quantitative estimate of drug-likeness (QED) is 0.658.